The summed E-state index contributed by atoms with van der Waals surface area (Å²) in [6.45, 7) is 2.42. The molecule has 7 heteroatoms. The highest BCUT2D eigenvalue weighted by Crippen LogP contribution is 2.32. The number of benzene rings is 2. The molecule has 1 atom stereocenters. The summed E-state index contributed by atoms with van der Waals surface area (Å²) in [6.07, 6.45) is -0.991. The highest BCUT2D eigenvalue weighted by atomic mass is 16.6. The summed E-state index contributed by atoms with van der Waals surface area (Å²) in [5, 5.41) is 11.9. The van der Waals surface area contributed by atoms with Crippen LogP contribution in [0.5, 0.6) is 17.2 Å². The topological polar surface area (TPSA) is 94.1 Å². The molecule has 1 aliphatic heterocycles. The smallest absolute Gasteiger partial charge is 0.338 e. The Morgan fingerprint density at radius 3 is 2.48 bits per heavy atom. The van der Waals surface area contributed by atoms with Crippen LogP contribution >= 0.6 is 0 Å². The largest absolute Gasteiger partial charge is 0.508 e. The summed E-state index contributed by atoms with van der Waals surface area (Å²) in [6, 6.07) is 10.6. The third-order valence-electron chi connectivity index (χ3n) is 3.57. The van der Waals surface area contributed by atoms with Crippen molar-refractivity contribution in [2.75, 3.05) is 18.5 Å². The van der Waals surface area contributed by atoms with E-state index in [1.165, 1.54) is 31.2 Å². The van der Waals surface area contributed by atoms with Crippen LogP contribution in [-0.4, -0.2) is 36.3 Å². The third-order valence-corrected chi connectivity index (χ3v) is 3.57. The van der Waals surface area contributed by atoms with Crippen LogP contribution in [0.1, 0.15) is 17.3 Å². The minimum Gasteiger partial charge on any atom is -0.508 e. The third kappa shape index (κ3) is 4.00. The molecule has 0 fully saturated rings. The first-order valence-electron chi connectivity index (χ1n) is 7.73. The molecule has 1 amide bonds. The summed E-state index contributed by atoms with van der Waals surface area (Å²) < 4.78 is 16.0. The number of amides is 1. The predicted octanol–water partition coefficient (Wildman–Crippen LogP) is 2.35. The zero-order valence-electron chi connectivity index (χ0n) is 13.5. The number of hydrogen-bond donors (Lipinski definition) is 2. The Hall–Kier alpha value is -3.22. The normalized spacial score (nSPS) is 13.6. The van der Waals surface area contributed by atoms with Crippen LogP contribution in [-0.2, 0) is 9.53 Å². The Morgan fingerprint density at radius 1 is 1.08 bits per heavy atom. The van der Waals surface area contributed by atoms with Gasteiger partial charge in [0, 0.05) is 11.8 Å². The van der Waals surface area contributed by atoms with Gasteiger partial charge >= 0.3 is 5.97 Å². The fourth-order valence-corrected chi connectivity index (χ4v) is 2.24. The number of rotatable bonds is 4. The number of esters is 1. The van der Waals surface area contributed by atoms with Crippen molar-refractivity contribution in [2.24, 2.45) is 0 Å². The molecule has 0 saturated carbocycles. The molecular weight excluding hydrogens is 326 g/mol. The number of hydrogen-bond acceptors (Lipinski definition) is 6. The summed E-state index contributed by atoms with van der Waals surface area (Å²) in [7, 11) is 0. The molecule has 2 aromatic carbocycles. The van der Waals surface area contributed by atoms with E-state index in [0.29, 0.717) is 30.4 Å². The van der Waals surface area contributed by atoms with Crippen LogP contribution in [0.2, 0.25) is 0 Å². The molecule has 0 saturated heterocycles. The van der Waals surface area contributed by atoms with Crippen molar-refractivity contribution in [1.29, 1.82) is 0 Å². The molecule has 25 heavy (non-hydrogen) atoms. The molecule has 1 aliphatic rings. The molecule has 1 heterocycles. The second-order valence-corrected chi connectivity index (χ2v) is 5.44. The van der Waals surface area contributed by atoms with Gasteiger partial charge in [0.15, 0.2) is 17.6 Å². The Labute approximate surface area is 144 Å². The van der Waals surface area contributed by atoms with Crippen molar-refractivity contribution >= 4 is 17.6 Å². The van der Waals surface area contributed by atoms with Crippen LogP contribution < -0.4 is 14.8 Å². The minimum absolute atomic E-state index is 0.0425. The van der Waals surface area contributed by atoms with Crippen molar-refractivity contribution in [1.82, 2.24) is 0 Å². The van der Waals surface area contributed by atoms with Crippen molar-refractivity contribution in [2.45, 2.75) is 13.0 Å². The van der Waals surface area contributed by atoms with Crippen LogP contribution in [0, 0.1) is 0 Å². The molecule has 0 spiro atoms. The van der Waals surface area contributed by atoms with Crippen LogP contribution in [0.15, 0.2) is 42.5 Å². The van der Waals surface area contributed by atoms with Gasteiger partial charge in [-0.05, 0) is 43.3 Å². The number of anilines is 1. The zero-order chi connectivity index (χ0) is 17.8. The Kier molecular flexibility index (Phi) is 4.74. The SMILES string of the molecule is C[C@@H](OC(=O)c1ccc(O)cc1)C(=O)Nc1ccc2c(c1)OCCO2. The van der Waals surface area contributed by atoms with Crippen molar-refractivity contribution in [3.63, 3.8) is 0 Å². The van der Waals surface area contributed by atoms with E-state index in [9.17, 15) is 14.7 Å². The molecule has 2 N–H and O–H groups in total. The number of nitrogens with one attached hydrogen (secondary N) is 1. The lowest BCUT2D eigenvalue weighted by atomic mass is 10.2. The lowest BCUT2D eigenvalue weighted by Gasteiger charge is -2.19. The van der Waals surface area contributed by atoms with Gasteiger partial charge in [-0.2, -0.15) is 0 Å². The van der Waals surface area contributed by atoms with Gasteiger partial charge in [-0.3, -0.25) is 4.79 Å². The summed E-state index contributed by atoms with van der Waals surface area (Å²) in [5.41, 5.74) is 0.763. The predicted molar refractivity (Wildman–Crippen MR) is 89.0 cm³/mol. The van der Waals surface area contributed by atoms with Crippen molar-refractivity contribution < 1.29 is 28.9 Å². The number of carbonyl (C=O) groups is 2. The number of ether oxygens (including phenoxy) is 3. The van der Waals surface area contributed by atoms with Crippen molar-refractivity contribution in [3.05, 3.63) is 48.0 Å². The first kappa shape index (κ1) is 16.6. The first-order chi connectivity index (χ1) is 12.0. The number of aromatic hydroxyl groups is 1. The number of fused-ring (bicyclic) bond motifs is 1. The first-order valence-corrected chi connectivity index (χ1v) is 7.73. The number of phenolic OH excluding ortho intramolecular Hbond substituents is 1. The van der Waals surface area contributed by atoms with E-state index in [4.69, 9.17) is 14.2 Å². The summed E-state index contributed by atoms with van der Waals surface area (Å²) >= 11 is 0. The minimum atomic E-state index is -0.991. The van der Waals surface area contributed by atoms with Crippen LogP contribution in [0.25, 0.3) is 0 Å². The van der Waals surface area contributed by atoms with Gasteiger partial charge in [0.2, 0.25) is 0 Å². The zero-order valence-corrected chi connectivity index (χ0v) is 13.5. The molecule has 0 aliphatic carbocycles. The van der Waals surface area contributed by atoms with Gasteiger partial charge in [0.25, 0.3) is 5.91 Å². The molecule has 0 unspecified atom stereocenters. The molecule has 0 radical (unpaired) electrons. The lowest BCUT2D eigenvalue weighted by molar-refractivity contribution is -0.123. The van der Waals surface area contributed by atoms with E-state index >= 15 is 0 Å². The van der Waals surface area contributed by atoms with E-state index in [1.54, 1.807) is 18.2 Å². The van der Waals surface area contributed by atoms with E-state index in [0.717, 1.165) is 0 Å². The number of carbonyl (C=O) groups excluding carboxylic acids is 2. The quantitative estimate of drug-likeness (QED) is 0.828. The molecule has 0 aromatic heterocycles. The molecule has 130 valence electrons. The van der Waals surface area contributed by atoms with Crippen LogP contribution in [0.4, 0.5) is 5.69 Å². The fraction of sp³-hybridized carbons (Fsp3) is 0.222. The maximum Gasteiger partial charge on any atom is 0.338 e. The fourth-order valence-electron chi connectivity index (χ4n) is 2.24. The average molecular weight is 343 g/mol. The van der Waals surface area contributed by atoms with E-state index in [2.05, 4.69) is 5.32 Å². The molecular formula is C18H17NO6. The van der Waals surface area contributed by atoms with Crippen molar-refractivity contribution in [3.8, 4) is 17.2 Å². The number of phenols is 1. The Balaban J connectivity index is 1.60. The maximum absolute atomic E-state index is 12.2. The van der Waals surface area contributed by atoms with Crippen LogP contribution in [0.3, 0.4) is 0 Å². The van der Waals surface area contributed by atoms with Gasteiger partial charge < -0.3 is 24.6 Å². The Morgan fingerprint density at radius 2 is 1.76 bits per heavy atom. The molecule has 0 bridgehead atoms. The highest BCUT2D eigenvalue weighted by Gasteiger charge is 2.20. The standard InChI is InChI=1S/C18H17NO6/c1-11(25-18(22)12-2-5-14(20)6-3-12)17(21)19-13-4-7-15-16(10-13)24-9-8-23-15/h2-7,10-11,20H,8-9H2,1H3,(H,19,21)/t11-/m1/s1. The van der Waals surface area contributed by atoms with E-state index < -0.39 is 18.0 Å². The van der Waals surface area contributed by atoms with Gasteiger partial charge in [-0.25, -0.2) is 4.79 Å². The van der Waals surface area contributed by atoms with E-state index in [1.807, 2.05) is 0 Å². The highest BCUT2D eigenvalue weighted by molar-refractivity contribution is 5.97. The Bertz CT molecular complexity index is 787. The molecule has 7 nitrogen and oxygen atoms in total. The molecule has 3 rings (SSSR count). The van der Waals surface area contributed by atoms with Gasteiger partial charge in [0.1, 0.15) is 19.0 Å². The monoisotopic (exact) mass is 343 g/mol. The maximum atomic E-state index is 12.2. The van der Waals surface area contributed by atoms with E-state index in [-0.39, 0.29) is 11.3 Å². The summed E-state index contributed by atoms with van der Waals surface area (Å²) in [5.74, 6) is 0.100. The van der Waals surface area contributed by atoms with Gasteiger partial charge in [-0.1, -0.05) is 0 Å². The second kappa shape index (κ2) is 7.12. The summed E-state index contributed by atoms with van der Waals surface area (Å²) in [4.78, 5) is 24.2. The second-order valence-electron chi connectivity index (χ2n) is 5.44. The van der Waals surface area contributed by atoms with Gasteiger partial charge in [-0.15, -0.1) is 0 Å². The average Bonchev–Trinajstić information content (AvgIpc) is 2.62. The van der Waals surface area contributed by atoms with Gasteiger partial charge in [0.05, 0.1) is 5.56 Å². The lowest BCUT2D eigenvalue weighted by Crippen LogP contribution is -2.30. The molecule has 2 aromatic rings.